The van der Waals surface area contributed by atoms with Gasteiger partial charge in [-0.15, -0.1) is 0 Å². The van der Waals surface area contributed by atoms with Gasteiger partial charge < -0.3 is 20.1 Å². The molecular weight excluding hydrogens is 272 g/mol. The number of carbonyl (C=O) groups excluding carboxylic acids is 2. The first kappa shape index (κ1) is 14.8. The van der Waals surface area contributed by atoms with Crippen LogP contribution >= 0.6 is 0 Å². The number of hydrogen-bond donors (Lipinski definition) is 2. The average molecular weight is 296 g/mol. The molecule has 1 unspecified atom stereocenters. The summed E-state index contributed by atoms with van der Waals surface area (Å²) in [5.74, 6) is 0.478. The van der Waals surface area contributed by atoms with Crippen LogP contribution in [0.3, 0.4) is 0 Å². The molecule has 0 spiro atoms. The molecule has 2 N–H and O–H groups in total. The Bertz CT molecular complexity index is 408. The Morgan fingerprint density at radius 1 is 1.19 bits per heavy atom. The fraction of sp³-hybridized carbons (Fsp3) is 0.867. The highest BCUT2D eigenvalue weighted by Gasteiger charge is 2.37. The highest BCUT2D eigenvalue weighted by molar-refractivity contribution is 5.82. The molecule has 3 aliphatic rings. The second-order valence-electron chi connectivity index (χ2n) is 6.62. The fourth-order valence-electron chi connectivity index (χ4n) is 3.08. The molecule has 0 bridgehead atoms. The van der Waals surface area contributed by atoms with Crippen molar-refractivity contribution in [2.45, 2.75) is 37.7 Å². The standard InChI is InChI=1S/C15H24N2O4/c18-13(16-9-15(20)5-8-21-10-15)11-3-6-17(7-4-11)14(19)12-1-2-12/h11-12,20H,1-10H2,(H,16,18). The van der Waals surface area contributed by atoms with E-state index in [1.807, 2.05) is 4.90 Å². The number of aliphatic hydroxyl groups is 1. The lowest BCUT2D eigenvalue weighted by atomic mass is 9.95. The number of rotatable bonds is 4. The molecule has 1 saturated carbocycles. The molecule has 2 aliphatic heterocycles. The molecule has 3 fully saturated rings. The molecule has 0 aromatic heterocycles. The molecule has 21 heavy (non-hydrogen) atoms. The van der Waals surface area contributed by atoms with Crippen molar-refractivity contribution in [2.75, 3.05) is 32.8 Å². The van der Waals surface area contributed by atoms with Crippen LogP contribution in [-0.2, 0) is 14.3 Å². The molecule has 118 valence electrons. The highest BCUT2D eigenvalue weighted by Crippen LogP contribution is 2.32. The van der Waals surface area contributed by atoms with Gasteiger partial charge in [-0.05, 0) is 25.7 Å². The number of nitrogens with one attached hydrogen (secondary N) is 1. The minimum Gasteiger partial charge on any atom is -0.386 e. The van der Waals surface area contributed by atoms with Gasteiger partial charge >= 0.3 is 0 Å². The van der Waals surface area contributed by atoms with Crippen molar-refractivity contribution < 1.29 is 19.4 Å². The summed E-state index contributed by atoms with van der Waals surface area (Å²) < 4.78 is 5.16. The quantitative estimate of drug-likeness (QED) is 0.759. The van der Waals surface area contributed by atoms with Gasteiger partial charge in [0, 0.05) is 44.5 Å². The normalized spacial score (nSPS) is 30.4. The molecule has 0 aromatic rings. The summed E-state index contributed by atoms with van der Waals surface area (Å²) in [4.78, 5) is 26.0. The fourth-order valence-corrected chi connectivity index (χ4v) is 3.08. The van der Waals surface area contributed by atoms with Gasteiger partial charge in [0.2, 0.25) is 11.8 Å². The van der Waals surface area contributed by atoms with Gasteiger partial charge in [0.05, 0.1) is 6.61 Å². The monoisotopic (exact) mass is 296 g/mol. The summed E-state index contributed by atoms with van der Waals surface area (Å²) in [6.45, 7) is 2.46. The van der Waals surface area contributed by atoms with Crippen molar-refractivity contribution in [3.8, 4) is 0 Å². The van der Waals surface area contributed by atoms with Gasteiger partial charge in [0.15, 0.2) is 0 Å². The molecule has 1 aliphatic carbocycles. The first-order valence-corrected chi connectivity index (χ1v) is 7.94. The van der Waals surface area contributed by atoms with Crippen molar-refractivity contribution >= 4 is 11.8 Å². The van der Waals surface area contributed by atoms with Crippen LogP contribution in [0.15, 0.2) is 0 Å². The van der Waals surface area contributed by atoms with Crippen LogP contribution in [0, 0.1) is 11.8 Å². The molecule has 1 atom stereocenters. The zero-order valence-electron chi connectivity index (χ0n) is 12.3. The molecule has 3 rings (SSSR count). The third kappa shape index (κ3) is 3.55. The summed E-state index contributed by atoms with van der Waals surface area (Å²) in [7, 11) is 0. The van der Waals surface area contributed by atoms with Crippen LogP contribution in [0.1, 0.15) is 32.1 Å². The predicted molar refractivity (Wildman–Crippen MR) is 75.4 cm³/mol. The van der Waals surface area contributed by atoms with Crippen molar-refractivity contribution in [2.24, 2.45) is 11.8 Å². The van der Waals surface area contributed by atoms with Crippen LogP contribution in [0.5, 0.6) is 0 Å². The van der Waals surface area contributed by atoms with Gasteiger partial charge in [-0.1, -0.05) is 0 Å². The number of amides is 2. The molecule has 6 nitrogen and oxygen atoms in total. The van der Waals surface area contributed by atoms with Crippen LogP contribution in [0.4, 0.5) is 0 Å². The Kier molecular flexibility index (Phi) is 4.17. The molecule has 0 aromatic carbocycles. The van der Waals surface area contributed by atoms with E-state index in [9.17, 15) is 14.7 Å². The molecule has 2 amide bonds. The number of nitrogens with zero attached hydrogens (tertiary/aromatic N) is 1. The van der Waals surface area contributed by atoms with Gasteiger partial charge in [-0.25, -0.2) is 0 Å². The average Bonchev–Trinajstić information content (AvgIpc) is 3.27. The topological polar surface area (TPSA) is 78.9 Å². The number of carbonyl (C=O) groups is 2. The van der Waals surface area contributed by atoms with Gasteiger partial charge in [0.1, 0.15) is 5.60 Å². The number of likely N-dealkylation sites (tertiary alicyclic amines) is 1. The van der Waals surface area contributed by atoms with Gasteiger partial charge in [-0.2, -0.15) is 0 Å². The van der Waals surface area contributed by atoms with Crippen molar-refractivity contribution in [3.63, 3.8) is 0 Å². The second-order valence-corrected chi connectivity index (χ2v) is 6.62. The number of hydrogen-bond acceptors (Lipinski definition) is 4. The molecule has 6 heteroatoms. The number of ether oxygens (including phenoxy) is 1. The zero-order valence-corrected chi connectivity index (χ0v) is 12.3. The maximum absolute atomic E-state index is 12.2. The largest absolute Gasteiger partial charge is 0.386 e. The Balaban J connectivity index is 1.41. The number of piperidine rings is 1. The summed E-state index contributed by atoms with van der Waals surface area (Å²) in [5.41, 5.74) is -0.904. The zero-order chi connectivity index (χ0) is 14.9. The van der Waals surface area contributed by atoms with E-state index >= 15 is 0 Å². The van der Waals surface area contributed by atoms with Gasteiger partial charge in [0.25, 0.3) is 0 Å². The van der Waals surface area contributed by atoms with E-state index in [1.54, 1.807) is 0 Å². The molecule has 2 heterocycles. The van der Waals surface area contributed by atoms with E-state index in [4.69, 9.17) is 4.74 Å². The molecular formula is C15H24N2O4. The Labute approximate surface area is 124 Å². The van der Waals surface area contributed by atoms with Crippen molar-refractivity contribution in [1.82, 2.24) is 10.2 Å². The Hall–Kier alpha value is -1.14. The third-order valence-electron chi connectivity index (χ3n) is 4.78. The minimum absolute atomic E-state index is 0.00570. The van der Waals surface area contributed by atoms with E-state index in [-0.39, 0.29) is 30.2 Å². The second kappa shape index (κ2) is 5.93. The minimum atomic E-state index is -0.904. The van der Waals surface area contributed by atoms with Crippen molar-refractivity contribution in [1.29, 1.82) is 0 Å². The molecule has 2 saturated heterocycles. The Morgan fingerprint density at radius 2 is 1.90 bits per heavy atom. The van der Waals surface area contributed by atoms with E-state index in [2.05, 4.69) is 5.32 Å². The first-order valence-electron chi connectivity index (χ1n) is 7.94. The maximum Gasteiger partial charge on any atom is 0.225 e. The highest BCUT2D eigenvalue weighted by atomic mass is 16.5. The summed E-state index contributed by atoms with van der Waals surface area (Å²) in [6, 6.07) is 0. The lowest BCUT2D eigenvalue weighted by Gasteiger charge is -2.32. The van der Waals surface area contributed by atoms with E-state index in [0.717, 1.165) is 25.7 Å². The van der Waals surface area contributed by atoms with Crippen LogP contribution in [0.25, 0.3) is 0 Å². The van der Waals surface area contributed by atoms with Crippen molar-refractivity contribution in [3.05, 3.63) is 0 Å². The smallest absolute Gasteiger partial charge is 0.225 e. The third-order valence-corrected chi connectivity index (χ3v) is 4.78. The van der Waals surface area contributed by atoms with E-state index in [0.29, 0.717) is 32.7 Å². The lowest BCUT2D eigenvalue weighted by Crippen LogP contribution is -2.48. The molecule has 0 radical (unpaired) electrons. The van der Waals surface area contributed by atoms with Gasteiger partial charge in [-0.3, -0.25) is 9.59 Å². The van der Waals surface area contributed by atoms with E-state index < -0.39 is 5.60 Å². The maximum atomic E-state index is 12.2. The lowest BCUT2D eigenvalue weighted by molar-refractivity contribution is -0.136. The Morgan fingerprint density at radius 3 is 2.48 bits per heavy atom. The summed E-state index contributed by atoms with van der Waals surface area (Å²) >= 11 is 0. The first-order chi connectivity index (χ1) is 10.1. The summed E-state index contributed by atoms with van der Waals surface area (Å²) in [6.07, 6.45) is 4.07. The van der Waals surface area contributed by atoms with Crippen LogP contribution in [-0.4, -0.2) is 60.3 Å². The van der Waals surface area contributed by atoms with Crippen LogP contribution in [0.2, 0.25) is 0 Å². The van der Waals surface area contributed by atoms with E-state index in [1.165, 1.54) is 0 Å². The summed E-state index contributed by atoms with van der Waals surface area (Å²) in [5, 5.41) is 13.0. The SMILES string of the molecule is O=C(NCC1(O)CCOC1)C1CCN(C(=O)C2CC2)CC1. The van der Waals surface area contributed by atoms with Crippen LogP contribution < -0.4 is 5.32 Å². The predicted octanol–water partition coefficient (Wildman–Crippen LogP) is -0.0974.